The quantitative estimate of drug-likeness (QED) is 0.759. The fourth-order valence-electron chi connectivity index (χ4n) is 2.82. The van der Waals surface area contributed by atoms with Gasteiger partial charge in [-0.05, 0) is 42.0 Å². The predicted molar refractivity (Wildman–Crippen MR) is 102 cm³/mol. The Bertz CT molecular complexity index is 754. The van der Waals surface area contributed by atoms with Crippen molar-refractivity contribution in [2.45, 2.75) is 6.42 Å². The summed E-state index contributed by atoms with van der Waals surface area (Å²) in [5.41, 5.74) is 1.62. The summed E-state index contributed by atoms with van der Waals surface area (Å²) in [5.74, 6) is 0.0929. The van der Waals surface area contributed by atoms with Gasteiger partial charge in [0, 0.05) is 41.2 Å². The van der Waals surface area contributed by atoms with Gasteiger partial charge in [-0.3, -0.25) is 9.59 Å². The Morgan fingerprint density at radius 2 is 1.44 bits per heavy atom. The van der Waals surface area contributed by atoms with Gasteiger partial charge in [-0.1, -0.05) is 39.7 Å². The van der Waals surface area contributed by atoms with E-state index in [1.165, 1.54) is 0 Å². The van der Waals surface area contributed by atoms with Gasteiger partial charge in [0.1, 0.15) is 0 Å². The molecule has 0 saturated carbocycles. The molecule has 0 unspecified atom stereocenters. The van der Waals surface area contributed by atoms with Crippen LogP contribution < -0.4 is 0 Å². The van der Waals surface area contributed by atoms with Crippen LogP contribution >= 0.6 is 27.5 Å². The van der Waals surface area contributed by atoms with E-state index in [-0.39, 0.29) is 11.8 Å². The van der Waals surface area contributed by atoms with Crippen molar-refractivity contribution >= 4 is 39.3 Å². The van der Waals surface area contributed by atoms with Crippen LogP contribution in [0, 0.1) is 0 Å². The molecule has 2 amide bonds. The van der Waals surface area contributed by atoms with E-state index in [4.69, 9.17) is 11.6 Å². The van der Waals surface area contributed by atoms with E-state index < -0.39 is 0 Å². The Kier molecular flexibility index (Phi) is 5.76. The lowest BCUT2D eigenvalue weighted by Gasteiger charge is -2.35. The summed E-state index contributed by atoms with van der Waals surface area (Å²) in [6.07, 6.45) is 0.359. The maximum Gasteiger partial charge on any atom is 0.253 e. The summed E-state index contributed by atoms with van der Waals surface area (Å²) >= 11 is 9.24. The molecule has 1 saturated heterocycles. The SMILES string of the molecule is O=C(Cc1ccc(Cl)cc1)N1CCN(C(=O)c2ccc(Br)cc2)CC1. The van der Waals surface area contributed by atoms with Crippen LogP contribution in [0.2, 0.25) is 5.02 Å². The standard InChI is InChI=1S/C19H18BrClN2O2/c20-16-5-3-15(4-6-16)19(25)23-11-9-22(10-12-23)18(24)13-14-1-7-17(21)8-2-14/h1-8H,9-13H2. The summed E-state index contributed by atoms with van der Waals surface area (Å²) in [7, 11) is 0. The van der Waals surface area contributed by atoms with Crippen LogP contribution in [0.4, 0.5) is 0 Å². The van der Waals surface area contributed by atoms with E-state index in [9.17, 15) is 9.59 Å². The van der Waals surface area contributed by atoms with E-state index in [1.54, 1.807) is 17.0 Å². The minimum Gasteiger partial charge on any atom is -0.339 e. The summed E-state index contributed by atoms with van der Waals surface area (Å²) in [6, 6.07) is 14.7. The van der Waals surface area contributed by atoms with Crippen LogP contribution in [0.5, 0.6) is 0 Å². The molecule has 6 heteroatoms. The van der Waals surface area contributed by atoms with Gasteiger partial charge in [0.15, 0.2) is 0 Å². The van der Waals surface area contributed by atoms with Crippen LogP contribution in [0.15, 0.2) is 53.0 Å². The minimum atomic E-state index is 0.0114. The molecule has 0 atom stereocenters. The average molecular weight is 422 g/mol. The molecule has 0 spiro atoms. The normalized spacial score (nSPS) is 14.5. The van der Waals surface area contributed by atoms with E-state index in [0.717, 1.165) is 10.0 Å². The Labute approximate surface area is 160 Å². The maximum absolute atomic E-state index is 12.5. The second-order valence-electron chi connectivity index (χ2n) is 5.98. The van der Waals surface area contributed by atoms with Crippen LogP contribution in [0.3, 0.4) is 0 Å². The number of hydrogen-bond donors (Lipinski definition) is 0. The van der Waals surface area contributed by atoms with Gasteiger partial charge >= 0.3 is 0 Å². The highest BCUT2D eigenvalue weighted by molar-refractivity contribution is 9.10. The molecular weight excluding hydrogens is 404 g/mol. The van der Waals surface area contributed by atoms with Crippen molar-refractivity contribution < 1.29 is 9.59 Å². The molecule has 130 valence electrons. The van der Waals surface area contributed by atoms with Gasteiger partial charge in [0.25, 0.3) is 5.91 Å². The zero-order chi connectivity index (χ0) is 17.8. The number of carbonyl (C=O) groups is 2. The smallest absolute Gasteiger partial charge is 0.253 e. The number of rotatable bonds is 3. The number of halogens is 2. The Balaban J connectivity index is 1.54. The number of nitrogens with zero attached hydrogens (tertiary/aromatic N) is 2. The fourth-order valence-corrected chi connectivity index (χ4v) is 3.21. The zero-order valence-electron chi connectivity index (χ0n) is 13.6. The largest absolute Gasteiger partial charge is 0.339 e. The van der Waals surface area contributed by atoms with E-state index in [2.05, 4.69) is 15.9 Å². The third-order valence-corrected chi connectivity index (χ3v) is 5.06. The van der Waals surface area contributed by atoms with Gasteiger partial charge < -0.3 is 9.80 Å². The van der Waals surface area contributed by atoms with Crippen molar-refractivity contribution in [3.05, 3.63) is 69.2 Å². The summed E-state index contributed by atoms with van der Waals surface area (Å²) in [6.45, 7) is 2.24. The van der Waals surface area contributed by atoms with Gasteiger partial charge in [0.2, 0.25) is 5.91 Å². The summed E-state index contributed by atoms with van der Waals surface area (Å²) in [4.78, 5) is 28.5. The molecule has 0 aromatic heterocycles. The van der Waals surface area contributed by atoms with Crippen LogP contribution in [-0.2, 0) is 11.2 Å². The topological polar surface area (TPSA) is 40.6 Å². The molecule has 0 N–H and O–H groups in total. The first-order valence-corrected chi connectivity index (χ1v) is 9.27. The first-order valence-electron chi connectivity index (χ1n) is 8.10. The van der Waals surface area contributed by atoms with Crippen LogP contribution in [0.25, 0.3) is 0 Å². The van der Waals surface area contributed by atoms with E-state index in [0.29, 0.717) is 43.2 Å². The van der Waals surface area contributed by atoms with Crippen LogP contribution in [0.1, 0.15) is 15.9 Å². The first-order chi connectivity index (χ1) is 12.0. The second-order valence-corrected chi connectivity index (χ2v) is 7.34. The molecule has 1 aliphatic rings. The lowest BCUT2D eigenvalue weighted by molar-refractivity contribution is -0.131. The number of amides is 2. The molecule has 2 aromatic carbocycles. The van der Waals surface area contributed by atoms with E-state index >= 15 is 0 Å². The van der Waals surface area contributed by atoms with Gasteiger partial charge in [-0.2, -0.15) is 0 Å². The molecule has 0 bridgehead atoms. The van der Waals surface area contributed by atoms with E-state index in [1.807, 2.05) is 41.3 Å². The molecular formula is C19H18BrClN2O2. The number of hydrogen-bond acceptors (Lipinski definition) is 2. The molecule has 0 aliphatic carbocycles. The first kappa shape index (κ1) is 18.0. The van der Waals surface area contributed by atoms with Crippen molar-refractivity contribution in [1.29, 1.82) is 0 Å². The molecule has 1 aliphatic heterocycles. The lowest BCUT2D eigenvalue weighted by atomic mass is 10.1. The monoisotopic (exact) mass is 420 g/mol. The third kappa shape index (κ3) is 4.61. The molecule has 2 aromatic rings. The van der Waals surface area contributed by atoms with Crippen molar-refractivity contribution in [3.8, 4) is 0 Å². The molecule has 25 heavy (non-hydrogen) atoms. The van der Waals surface area contributed by atoms with Crippen molar-refractivity contribution in [3.63, 3.8) is 0 Å². The number of carbonyl (C=O) groups excluding carboxylic acids is 2. The van der Waals surface area contributed by atoms with Crippen molar-refractivity contribution in [1.82, 2.24) is 9.80 Å². The van der Waals surface area contributed by atoms with Gasteiger partial charge in [-0.15, -0.1) is 0 Å². The number of benzene rings is 2. The summed E-state index contributed by atoms with van der Waals surface area (Å²) in [5, 5.41) is 0.663. The molecule has 0 radical (unpaired) electrons. The Morgan fingerprint density at radius 1 is 0.880 bits per heavy atom. The molecule has 1 fully saturated rings. The fraction of sp³-hybridized carbons (Fsp3) is 0.263. The van der Waals surface area contributed by atoms with Crippen molar-refractivity contribution in [2.24, 2.45) is 0 Å². The molecule has 1 heterocycles. The Hall–Kier alpha value is -1.85. The highest BCUT2D eigenvalue weighted by Gasteiger charge is 2.24. The molecule has 4 nitrogen and oxygen atoms in total. The van der Waals surface area contributed by atoms with Crippen molar-refractivity contribution in [2.75, 3.05) is 26.2 Å². The average Bonchev–Trinajstić information content (AvgIpc) is 2.64. The highest BCUT2D eigenvalue weighted by atomic mass is 79.9. The lowest BCUT2D eigenvalue weighted by Crippen LogP contribution is -2.51. The highest BCUT2D eigenvalue weighted by Crippen LogP contribution is 2.15. The van der Waals surface area contributed by atoms with Gasteiger partial charge in [0.05, 0.1) is 6.42 Å². The van der Waals surface area contributed by atoms with Gasteiger partial charge in [-0.25, -0.2) is 0 Å². The maximum atomic E-state index is 12.5. The zero-order valence-corrected chi connectivity index (χ0v) is 16.0. The third-order valence-electron chi connectivity index (χ3n) is 4.28. The minimum absolute atomic E-state index is 0.0114. The number of piperazine rings is 1. The van der Waals surface area contributed by atoms with Crippen LogP contribution in [-0.4, -0.2) is 47.8 Å². The second kappa shape index (κ2) is 8.02. The summed E-state index contributed by atoms with van der Waals surface area (Å²) < 4.78 is 0.946. The predicted octanol–water partition coefficient (Wildman–Crippen LogP) is 3.63. The Morgan fingerprint density at radius 3 is 2.04 bits per heavy atom. The molecule has 3 rings (SSSR count).